The van der Waals surface area contributed by atoms with E-state index in [4.69, 9.17) is 4.74 Å². The summed E-state index contributed by atoms with van der Waals surface area (Å²) < 4.78 is 20.4. The van der Waals surface area contributed by atoms with E-state index in [0.29, 0.717) is 0 Å². The number of benzene rings is 2. The average Bonchev–Trinajstić information content (AvgIpc) is 2.96. The van der Waals surface area contributed by atoms with Gasteiger partial charge in [0.25, 0.3) is 0 Å². The van der Waals surface area contributed by atoms with E-state index in [1.165, 1.54) is 12.1 Å². The molecule has 0 aliphatic rings. The number of ether oxygens (including phenoxy) is 1. The van der Waals surface area contributed by atoms with Crippen LogP contribution in [0.5, 0.6) is 5.75 Å². The summed E-state index contributed by atoms with van der Waals surface area (Å²) in [5.41, 5.74) is 1.94. The summed E-state index contributed by atoms with van der Waals surface area (Å²) in [4.78, 5) is 0. The Morgan fingerprint density at radius 3 is 2.50 bits per heavy atom. The van der Waals surface area contributed by atoms with Crippen molar-refractivity contribution in [1.82, 2.24) is 14.8 Å². The number of hydrogen-bond acceptors (Lipinski definition) is 4. The maximum atomic E-state index is 13.1. The Morgan fingerprint density at radius 1 is 1.08 bits per heavy atom. The van der Waals surface area contributed by atoms with Crippen molar-refractivity contribution in [1.29, 1.82) is 0 Å². The lowest BCUT2D eigenvalue weighted by atomic mass is 10.2. The monoisotopic (exact) mass is 343 g/mol. The number of methoxy groups -OCH3 is 1. The molecule has 6 heteroatoms. The van der Waals surface area contributed by atoms with Crippen LogP contribution in [0, 0.1) is 5.82 Å². The molecule has 0 aliphatic carbocycles. The Bertz CT molecular complexity index is 833. The molecule has 124 valence electrons. The molecule has 1 aromatic heterocycles. The Morgan fingerprint density at radius 2 is 1.79 bits per heavy atom. The van der Waals surface area contributed by atoms with Crippen LogP contribution in [0.25, 0.3) is 11.4 Å². The zero-order valence-corrected chi connectivity index (χ0v) is 14.5. The van der Waals surface area contributed by atoms with Gasteiger partial charge in [0, 0.05) is 12.3 Å². The molecule has 0 unspecified atom stereocenters. The van der Waals surface area contributed by atoms with Gasteiger partial charge in [-0.15, -0.1) is 10.2 Å². The lowest BCUT2D eigenvalue weighted by molar-refractivity contribution is 0.416. The third-order valence-electron chi connectivity index (χ3n) is 3.80. The summed E-state index contributed by atoms with van der Waals surface area (Å²) in [5.74, 6) is 1.28. The summed E-state index contributed by atoms with van der Waals surface area (Å²) in [5, 5.41) is 9.54. The van der Waals surface area contributed by atoms with E-state index in [1.807, 2.05) is 35.9 Å². The first-order valence-corrected chi connectivity index (χ1v) is 8.43. The van der Waals surface area contributed by atoms with Crippen molar-refractivity contribution in [3.05, 3.63) is 59.9 Å². The van der Waals surface area contributed by atoms with E-state index in [9.17, 15) is 4.39 Å². The zero-order chi connectivity index (χ0) is 17.1. The molecule has 1 atom stereocenters. The highest BCUT2D eigenvalue weighted by Crippen LogP contribution is 2.36. The molecule has 0 bridgehead atoms. The number of rotatable bonds is 5. The highest BCUT2D eigenvalue weighted by Gasteiger charge is 2.17. The van der Waals surface area contributed by atoms with Crippen molar-refractivity contribution >= 4 is 11.8 Å². The van der Waals surface area contributed by atoms with Crippen molar-refractivity contribution < 1.29 is 9.13 Å². The second-order valence-corrected chi connectivity index (χ2v) is 6.69. The van der Waals surface area contributed by atoms with Crippen LogP contribution in [-0.2, 0) is 7.05 Å². The molecule has 0 saturated carbocycles. The third-order valence-corrected chi connectivity index (χ3v) is 5.00. The standard InChI is InChI=1S/C18H18FN3OS/c1-12(13-8-10-14(19)11-9-13)24-18-21-20-17(22(18)2)15-6-4-5-7-16(15)23-3/h4-12H,1-3H3/t12-/m1/s1. The van der Waals surface area contributed by atoms with Crippen molar-refractivity contribution in [2.24, 2.45) is 7.05 Å². The van der Waals surface area contributed by atoms with Gasteiger partial charge in [-0.1, -0.05) is 36.0 Å². The van der Waals surface area contributed by atoms with E-state index >= 15 is 0 Å². The first-order chi connectivity index (χ1) is 11.6. The Labute approximate surface area is 144 Å². The van der Waals surface area contributed by atoms with Gasteiger partial charge in [-0.3, -0.25) is 0 Å². The van der Waals surface area contributed by atoms with Gasteiger partial charge in [-0.25, -0.2) is 4.39 Å². The average molecular weight is 343 g/mol. The number of nitrogens with zero attached hydrogens (tertiary/aromatic N) is 3. The van der Waals surface area contributed by atoms with Crippen molar-refractivity contribution in [3.63, 3.8) is 0 Å². The molecule has 3 rings (SSSR count). The smallest absolute Gasteiger partial charge is 0.191 e. The minimum absolute atomic E-state index is 0.138. The van der Waals surface area contributed by atoms with Gasteiger partial charge in [0.15, 0.2) is 11.0 Å². The molecule has 0 aliphatic heterocycles. The minimum atomic E-state index is -0.229. The molecule has 1 heterocycles. The molecule has 24 heavy (non-hydrogen) atoms. The van der Waals surface area contributed by atoms with Gasteiger partial charge in [0.1, 0.15) is 11.6 Å². The van der Waals surface area contributed by atoms with Crippen LogP contribution < -0.4 is 4.74 Å². The molecule has 0 saturated heterocycles. The lowest BCUT2D eigenvalue weighted by Crippen LogP contribution is -1.98. The highest BCUT2D eigenvalue weighted by atomic mass is 32.2. The van der Waals surface area contributed by atoms with Gasteiger partial charge in [0.05, 0.1) is 12.7 Å². The van der Waals surface area contributed by atoms with E-state index in [2.05, 4.69) is 17.1 Å². The van der Waals surface area contributed by atoms with Gasteiger partial charge in [-0.05, 0) is 36.8 Å². The first-order valence-electron chi connectivity index (χ1n) is 7.55. The quantitative estimate of drug-likeness (QED) is 0.640. The summed E-state index contributed by atoms with van der Waals surface area (Å²) in [6.07, 6.45) is 0. The Hall–Kier alpha value is -2.34. The van der Waals surface area contributed by atoms with Crippen LogP contribution in [0.3, 0.4) is 0 Å². The summed E-state index contributed by atoms with van der Waals surface area (Å²) in [7, 11) is 3.57. The number of aromatic nitrogens is 3. The third kappa shape index (κ3) is 3.28. The Kier molecular flexibility index (Phi) is 4.85. The topological polar surface area (TPSA) is 39.9 Å². The summed E-state index contributed by atoms with van der Waals surface area (Å²) in [6, 6.07) is 14.3. The predicted molar refractivity (Wildman–Crippen MR) is 93.7 cm³/mol. The number of para-hydroxylation sites is 1. The second kappa shape index (κ2) is 7.05. The van der Waals surface area contributed by atoms with Crippen LogP contribution in [0.1, 0.15) is 17.7 Å². The van der Waals surface area contributed by atoms with Gasteiger partial charge >= 0.3 is 0 Å². The molecule has 0 radical (unpaired) electrons. The van der Waals surface area contributed by atoms with Crippen LogP contribution in [0.2, 0.25) is 0 Å². The van der Waals surface area contributed by atoms with Crippen molar-refractivity contribution in [2.75, 3.05) is 7.11 Å². The van der Waals surface area contributed by atoms with Crippen LogP contribution in [0.4, 0.5) is 4.39 Å². The van der Waals surface area contributed by atoms with Crippen molar-refractivity contribution in [3.8, 4) is 17.1 Å². The van der Waals surface area contributed by atoms with Crippen LogP contribution >= 0.6 is 11.8 Å². The van der Waals surface area contributed by atoms with E-state index in [1.54, 1.807) is 31.0 Å². The largest absolute Gasteiger partial charge is 0.496 e. The van der Waals surface area contributed by atoms with Gasteiger partial charge in [0.2, 0.25) is 0 Å². The summed E-state index contributed by atoms with van der Waals surface area (Å²) in [6.45, 7) is 2.06. The van der Waals surface area contributed by atoms with E-state index in [0.717, 1.165) is 27.9 Å². The fourth-order valence-electron chi connectivity index (χ4n) is 2.44. The van der Waals surface area contributed by atoms with Gasteiger partial charge in [-0.2, -0.15) is 0 Å². The number of halogens is 1. The number of hydrogen-bond donors (Lipinski definition) is 0. The fraction of sp³-hybridized carbons (Fsp3) is 0.222. The minimum Gasteiger partial charge on any atom is -0.496 e. The Balaban J connectivity index is 1.86. The molecule has 0 N–H and O–H groups in total. The van der Waals surface area contributed by atoms with E-state index < -0.39 is 0 Å². The van der Waals surface area contributed by atoms with Crippen LogP contribution in [-0.4, -0.2) is 21.9 Å². The molecule has 3 aromatic rings. The zero-order valence-electron chi connectivity index (χ0n) is 13.7. The van der Waals surface area contributed by atoms with Gasteiger partial charge < -0.3 is 9.30 Å². The SMILES string of the molecule is COc1ccccc1-c1nnc(S[C@H](C)c2ccc(F)cc2)n1C. The fourth-order valence-corrected chi connectivity index (χ4v) is 3.38. The molecule has 0 spiro atoms. The second-order valence-electron chi connectivity index (χ2n) is 5.38. The molecule has 2 aromatic carbocycles. The first kappa shape index (κ1) is 16.5. The van der Waals surface area contributed by atoms with Crippen LogP contribution in [0.15, 0.2) is 53.7 Å². The van der Waals surface area contributed by atoms with Crippen molar-refractivity contribution in [2.45, 2.75) is 17.3 Å². The summed E-state index contributed by atoms with van der Waals surface area (Å²) >= 11 is 1.58. The lowest BCUT2D eigenvalue weighted by Gasteiger charge is -2.12. The highest BCUT2D eigenvalue weighted by molar-refractivity contribution is 7.99. The maximum Gasteiger partial charge on any atom is 0.191 e. The molecule has 0 fully saturated rings. The number of thioether (sulfide) groups is 1. The molecular formula is C18H18FN3OS. The maximum absolute atomic E-state index is 13.1. The predicted octanol–water partition coefficient (Wildman–Crippen LogP) is 4.48. The van der Waals surface area contributed by atoms with E-state index in [-0.39, 0.29) is 11.1 Å². The molecule has 4 nitrogen and oxygen atoms in total. The normalized spacial score (nSPS) is 12.2. The molecule has 0 amide bonds. The molecular weight excluding hydrogens is 325 g/mol.